The summed E-state index contributed by atoms with van der Waals surface area (Å²) in [6, 6.07) is 0.335. The quantitative estimate of drug-likeness (QED) is 0.920. The molecule has 0 bridgehead atoms. The number of aromatic nitrogens is 2. The number of amides is 1. The van der Waals surface area contributed by atoms with E-state index in [2.05, 4.69) is 16.8 Å². The molecule has 1 N–H and O–H groups in total. The van der Waals surface area contributed by atoms with Gasteiger partial charge in [-0.1, -0.05) is 6.92 Å². The highest BCUT2D eigenvalue weighted by molar-refractivity contribution is 5.77. The molecule has 3 atom stereocenters. The summed E-state index contributed by atoms with van der Waals surface area (Å²) in [5, 5.41) is 9.88. The average Bonchev–Trinajstić information content (AvgIpc) is 3.04. The van der Waals surface area contributed by atoms with E-state index < -0.39 is 0 Å². The standard InChI is InChI=1S/C16H25N3O2/c1-16-6-9-19(14(16)5-4-13(20)11-16)15(21)3-2-8-18-10-7-17-12-18/h7,10,12-14,20H,2-6,8-9,11H2,1H3/t13-,14-,16+/m1/s1. The van der Waals surface area contributed by atoms with Gasteiger partial charge in [-0.05, 0) is 37.5 Å². The lowest BCUT2D eigenvalue weighted by Crippen LogP contribution is -2.46. The summed E-state index contributed by atoms with van der Waals surface area (Å²) in [5.74, 6) is 0.278. The van der Waals surface area contributed by atoms with Crippen LogP contribution in [0.15, 0.2) is 18.7 Å². The molecule has 3 rings (SSSR count). The van der Waals surface area contributed by atoms with Crippen LogP contribution in [-0.2, 0) is 11.3 Å². The van der Waals surface area contributed by atoms with Crippen LogP contribution in [0.1, 0.15) is 45.4 Å². The lowest BCUT2D eigenvalue weighted by molar-refractivity contribution is -0.134. The zero-order chi connectivity index (χ0) is 14.9. The molecule has 1 saturated heterocycles. The van der Waals surface area contributed by atoms with E-state index in [9.17, 15) is 9.90 Å². The van der Waals surface area contributed by atoms with Crippen LogP contribution >= 0.6 is 0 Å². The molecule has 5 nitrogen and oxygen atoms in total. The monoisotopic (exact) mass is 291 g/mol. The predicted octanol–water partition coefficient (Wildman–Crippen LogP) is 1.82. The molecule has 0 radical (unpaired) electrons. The number of hydrogen-bond donors (Lipinski definition) is 1. The first kappa shape index (κ1) is 14.6. The van der Waals surface area contributed by atoms with Crippen LogP contribution in [0.5, 0.6) is 0 Å². The molecule has 0 unspecified atom stereocenters. The molecule has 2 aliphatic rings. The molecule has 1 aromatic heterocycles. The third-order valence-corrected chi connectivity index (χ3v) is 5.27. The number of likely N-dealkylation sites (tertiary alicyclic amines) is 1. The molecular formula is C16H25N3O2. The van der Waals surface area contributed by atoms with E-state index >= 15 is 0 Å². The van der Waals surface area contributed by atoms with Crippen LogP contribution in [0.3, 0.4) is 0 Å². The molecule has 116 valence electrons. The van der Waals surface area contributed by atoms with Crippen LogP contribution in [-0.4, -0.2) is 44.2 Å². The summed E-state index contributed by atoms with van der Waals surface area (Å²) in [5.41, 5.74) is 0.123. The molecular weight excluding hydrogens is 266 g/mol. The van der Waals surface area contributed by atoms with E-state index in [1.807, 2.05) is 10.8 Å². The Balaban J connectivity index is 1.53. The van der Waals surface area contributed by atoms with Gasteiger partial charge in [-0.15, -0.1) is 0 Å². The lowest BCUT2D eigenvalue weighted by Gasteiger charge is -2.41. The molecule has 21 heavy (non-hydrogen) atoms. The first-order valence-electron chi connectivity index (χ1n) is 8.02. The zero-order valence-electron chi connectivity index (χ0n) is 12.7. The number of hydrogen-bond acceptors (Lipinski definition) is 3. The normalized spacial score (nSPS) is 32.2. The van der Waals surface area contributed by atoms with E-state index in [1.54, 1.807) is 12.5 Å². The molecule has 2 heterocycles. The van der Waals surface area contributed by atoms with E-state index in [1.165, 1.54) is 0 Å². The van der Waals surface area contributed by atoms with Crippen molar-refractivity contribution in [1.29, 1.82) is 0 Å². The van der Waals surface area contributed by atoms with Crippen molar-refractivity contribution < 1.29 is 9.90 Å². The molecule has 1 aliphatic heterocycles. The Hall–Kier alpha value is -1.36. The second-order valence-corrected chi connectivity index (χ2v) is 6.85. The second kappa shape index (κ2) is 5.79. The minimum Gasteiger partial charge on any atom is -0.393 e. The van der Waals surface area contributed by atoms with Crippen LogP contribution in [0, 0.1) is 5.41 Å². The average molecular weight is 291 g/mol. The van der Waals surface area contributed by atoms with Gasteiger partial charge >= 0.3 is 0 Å². The Labute approximate surface area is 126 Å². The van der Waals surface area contributed by atoms with Crippen molar-refractivity contribution in [2.45, 2.75) is 64.1 Å². The van der Waals surface area contributed by atoms with Gasteiger partial charge in [0.15, 0.2) is 0 Å². The predicted molar refractivity (Wildman–Crippen MR) is 79.5 cm³/mol. The molecule has 1 aromatic rings. The van der Waals surface area contributed by atoms with Crippen molar-refractivity contribution in [1.82, 2.24) is 14.5 Å². The largest absolute Gasteiger partial charge is 0.393 e. The molecule has 1 amide bonds. The highest BCUT2D eigenvalue weighted by Crippen LogP contribution is 2.46. The fourth-order valence-electron chi connectivity index (χ4n) is 4.08. The van der Waals surface area contributed by atoms with E-state index in [0.717, 1.165) is 45.2 Å². The van der Waals surface area contributed by atoms with Gasteiger partial charge in [0.05, 0.1) is 12.4 Å². The van der Waals surface area contributed by atoms with Crippen molar-refractivity contribution in [3.63, 3.8) is 0 Å². The maximum absolute atomic E-state index is 12.5. The number of aliphatic hydroxyl groups excluding tert-OH is 1. The number of aryl methyl sites for hydroxylation is 1. The SMILES string of the molecule is C[C@@]12CCN(C(=O)CCCn3ccnc3)[C@@H]1CC[C@@H](O)C2. The molecule has 5 heteroatoms. The Morgan fingerprint density at radius 1 is 1.48 bits per heavy atom. The minimum atomic E-state index is -0.178. The Bertz CT molecular complexity index is 488. The van der Waals surface area contributed by atoms with Crippen molar-refractivity contribution in [3.8, 4) is 0 Å². The van der Waals surface area contributed by atoms with Crippen LogP contribution in [0.4, 0.5) is 0 Å². The fraction of sp³-hybridized carbons (Fsp3) is 0.750. The van der Waals surface area contributed by atoms with Gasteiger partial charge in [-0.3, -0.25) is 4.79 Å². The Morgan fingerprint density at radius 3 is 3.10 bits per heavy atom. The third-order valence-electron chi connectivity index (χ3n) is 5.27. The van der Waals surface area contributed by atoms with E-state index in [0.29, 0.717) is 12.5 Å². The summed E-state index contributed by atoms with van der Waals surface area (Å²) < 4.78 is 2.01. The van der Waals surface area contributed by atoms with Gasteiger partial charge in [-0.25, -0.2) is 4.98 Å². The summed E-state index contributed by atoms with van der Waals surface area (Å²) in [6.45, 7) is 3.94. The number of nitrogens with zero attached hydrogens (tertiary/aromatic N) is 3. The lowest BCUT2D eigenvalue weighted by atomic mass is 9.71. The van der Waals surface area contributed by atoms with Gasteiger partial charge in [0.25, 0.3) is 0 Å². The van der Waals surface area contributed by atoms with Gasteiger partial charge < -0.3 is 14.6 Å². The third kappa shape index (κ3) is 2.98. The molecule has 1 saturated carbocycles. The summed E-state index contributed by atoms with van der Waals surface area (Å²) in [7, 11) is 0. The molecule has 0 spiro atoms. The van der Waals surface area contributed by atoms with Crippen LogP contribution in [0.25, 0.3) is 0 Å². The van der Waals surface area contributed by atoms with Gasteiger partial charge in [0.2, 0.25) is 5.91 Å². The first-order chi connectivity index (χ1) is 10.1. The summed E-state index contributed by atoms with van der Waals surface area (Å²) in [4.78, 5) is 18.6. The first-order valence-corrected chi connectivity index (χ1v) is 8.02. The topological polar surface area (TPSA) is 58.4 Å². The second-order valence-electron chi connectivity index (χ2n) is 6.85. The van der Waals surface area contributed by atoms with Crippen LogP contribution < -0.4 is 0 Å². The number of carbonyl (C=O) groups is 1. The molecule has 2 fully saturated rings. The number of aliphatic hydroxyl groups is 1. The summed E-state index contributed by atoms with van der Waals surface area (Å²) >= 11 is 0. The minimum absolute atomic E-state index is 0.123. The maximum atomic E-state index is 12.5. The number of imidazole rings is 1. The maximum Gasteiger partial charge on any atom is 0.222 e. The van der Waals surface area contributed by atoms with Crippen molar-refractivity contribution in [3.05, 3.63) is 18.7 Å². The highest BCUT2D eigenvalue weighted by Gasteiger charge is 2.48. The molecule has 1 aliphatic carbocycles. The van der Waals surface area contributed by atoms with Gasteiger partial charge in [0.1, 0.15) is 0 Å². The Morgan fingerprint density at radius 2 is 2.33 bits per heavy atom. The highest BCUT2D eigenvalue weighted by atomic mass is 16.3. The van der Waals surface area contributed by atoms with Crippen LogP contribution in [0.2, 0.25) is 0 Å². The fourth-order valence-corrected chi connectivity index (χ4v) is 4.08. The van der Waals surface area contributed by atoms with Gasteiger partial charge in [0, 0.05) is 37.9 Å². The zero-order valence-corrected chi connectivity index (χ0v) is 12.7. The van der Waals surface area contributed by atoms with Crippen molar-refractivity contribution in [2.75, 3.05) is 6.54 Å². The number of fused-ring (bicyclic) bond motifs is 1. The van der Waals surface area contributed by atoms with Gasteiger partial charge in [-0.2, -0.15) is 0 Å². The van der Waals surface area contributed by atoms with Crippen molar-refractivity contribution in [2.24, 2.45) is 5.41 Å². The van der Waals surface area contributed by atoms with E-state index in [4.69, 9.17) is 0 Å². The summed E-state index contributed by atoms with van der Waals surface area (Å²) in [6.07, 6.45) is 10.4. The van der Waals surface area contributed by atoms with E-state index in [-0.39, 0.29) is 17.4 Å². The smallest absolute Gasteiger partial charge is 0.222 e. The van der Waals surface area contributed by atoms with Crippen molar-refractivity contribution >= 4 is 5.91 Å². The Kier molecular flexibility index (Phi) is 4.02. The number of carbonyl (C=O) groups excluding carboxylic acids is 1. The molecule has 0 aromatic carbocycles. The number of rotatable bonds is 4.